The van der Waals surface area contributed by atoms with Gasteiger partial charge in [0.2, 0.25) is 11.8 Å². The summed E-state index contributed by atoms with van der Waals surface area (Å²) < 4.78 is 0. The van der Waals surface area contributed by atoms with Crippen molar-refractivity contribution in [3.05, 3.63) is 59.6 Å². The van der Waals surface area contributed by atoms with Gasteiger partial charge in [-0.3, -0.25) is 9.59 Å². The van der Waals surface area contributed by atoms with E-state index >= 15 is 0 Å². The van der Waals surface area contributed by atoms with Crippen molar-refractivity contribution in [1.82, 2.24) is 0 Å². The topological polar surface area (TPSA) is 49.4 Å². The van der Waals surface area contributed by atoms with Gasteiger partial charge in [-0.05, 0) is 36.4 Å². The first-order valence-electron chi connectivity index (χ1n) is 6.43. The summed E-state index contributed by atoms with van der Waals surface area (Å²) in [6.45, 7) is 0. The van der Waals surface area contributed by atoms with Crippen LogP contribution < -0.4 is 10.2 Å². The lowest BCUT2D eigenvalue weighted by atomic mass is 10.2. The number of carbonyl (C=O) groups excluding carboxylic acids is 2. The molecule has 0 heterocycles. The van der Waals surface area contributed by atoms with E-state index < -0.39 is 0 Å². The van der Waals surface area contributed by atoms with E-state index in [-0.39, 0.29) is 18.2 Å². The Kier molecular flexibility index (Phi) is 4.95. The second-order valence-corrected chi connectivity index (χ2v) is 4.96. The molecule has 1 N–H and O–H groups in total. The highest BCUT2D eigenvalue weighted by atomic mass is 35.5. The molecule has 2 amide bonds. The summed E-state index contributed by atoms with van der Waals surface area (Å²) >= 11 is 5.77. The van der Waals surface area contributed by atoms with E-state index in [1.165, 1.54) is 4.90 Å². The number of rotatable bonds is 4. The first-order chi connectivity index (χ1) is 10.1. The first-order valence-corrected chi connectivity index (χ1v) is 6.81. The standard InChI is InChI=1S/C16H15ClN2O2/c1-19(14-5-3-2-4-6-14)16(21)11-15(20)18-13-9-7-12(17)8-10-13/h2-10H,11H2,1H3,(H,18,20). The van der Waals surface area contributed by atoms with Crippen LogP contribution in [0.25, 0.3) is 0 Å². The van der Waals surface area contributed by atoms with Crippen molar-refractivity contribution in [2.45, 2.75) is 6.42 Å². The van der Waals surface area contributed by atoms with Crippen LogP contribution in [0.1, 0.15) is 6.42 Å². The van der Waals surface area contributed by atoms with Gasteiger partial charge >= 0.3 is 0 Å². The zero-order valence-corrected chi connectivity index (χ0v) is 12.3. The number of halogens is 1. The van der Waals surface area contributed by atoms with Crippen molar-refractivity contribution in [3.8, 4) is 0 Å². The van der Waals surface area contributed by atoms with Gasteiger partial charge < -0.3 is 10.2 Å². The van der Waals surface area contributed by atoms with Crippen molar-refractivity contribution in [1.29, 1.82) is 0 Å². The third kappa shape index (κ3) is 4.33. The number of nitrogens with one attached hydrogen (secondary N) is 1. The molecule has 0 atom stereocenters. The molecule has 2 aromatic carbocycles. The summed E-state index contributed by atoms with van der Waals surface area (Å²) in [6.07, 6.45) is -0.214. The molecule has 4 nitrogen and oxygen atoms in total. The smallest absolute Gasteiger partial charge is 0.236 e. The maximum absolute atomic E-state index is 12.0. The van der Waals surface area contributed by atoms with E-state index in [0.29, 0.717) is 10.7 Å². The molecule has 0 aromatic heterocycles. The van der Waals surface area contributed by atoms with Crippen LogP contribution in [-0.4, -0.2) is 18.9 Å². The van der Waals surface area contributed by atoms with Crippen LogP contribution in [-0.2, 0) is 9.59 Å². The fourth-order valence-corrected chi connectivity index (χ4v) is 1.92. The largest absolute Gasteiger partial charge is 0.326 e. The quantitative estimate of drug-likeness (QED) is 0.881. The van der Waals surface area contributed by atoms with Crippen LogP contribution in [0, 0.1) is 0 Å². The molecule has 5 heteroatoms. The van der Waals surface area contributed by atoms with Gasteiger partial charge in [0, 0.05) is 23.4 Å². The fourth-order valence-electron chi connectivity index (χ4n) is 1.79. The lowest BCUT2D eigenvalue weighted by Gasteiger charge is -2.17. The highest BCUT2D eigenvalue weighted by molar-refractivity contribution is 6.30. The molecule has 0 fully saturated rings. The van der Waals surface area contributed by atoms with Crippen LogP contribution in [0.5, 0.6) is 0 Å². The maximum atomic E-state index is 12.0. The SMILES string of the molecule is CN(C(=O)CC(=O)Nc1ccc(Cl)cc1)c1ccccc1. The minimum absolute atomic E-state index is 0.214. The first kappa shape index (κ1) is 15.1. The average Bonchev–Trinajstić information content (AvgIpc) is 2.49. The van der Waals surface area contributed by atoms with Gasteiger partial charge in [-0.2, -0.15) is 0 Å². The summed E-state index contributed by atoms with van der Waals surface area (Å²) in [5.41, 5.74) is 1.36. The normalized spacial score (nSPS) is 10.0. The zero-order chi connectivity index (χ0) is 15.2. The van der Waals surface area contributed by atoms with E-state index in [0.717, 1.165) is 5.69 Å². The predicted molar refractivity (Wildman–Crippen MR) is 84.6 cm³/mol. The van der Waals surface area contributed by atoms with E-state index in [1.807, 2.05) is 30.3 Å². The third-order valence-electron chi connectivity index (χ3n) is 2.96. The molecule has 0 saturated heterocycles. The zero-order valence-electron chi connectivity index (χ0n) is 11.5. The van der Waals surface area contributed by atoms with Gasteiger partial charge in [-0.25, -0.2) is 0 Å². The molecule has 0 radical (unpaired) electrons. The molecule has 0 bridgehead atoms. The predicted octanol–water partition coefficient (Wildman–Crippen LogP) is 3.33. The molecule has 0 spiro atoms. The number of amides is 2. The van der Waals surface area contributed by atoms with E-state index in [9.17, 15) is 9.59 Å². The van der Waals surface area contributed by atoms with Gasteiger partial charge in [0.05, 0.1) is 0 Å². The Labute approximate surface area is 128 Å². The monoisotopic (exact) mass is 302 g/mol. The molecular weight excluding hydrogens is 288 g/mol. The Bertz CT molecular complexity index is 626. The van der Waals surface area contributed by atoms with Gasteiger partial charge in [0.15, 0.2) is 0 Å². The maximum Gasteiger partial charge on any atom is 0.236 e. The van der Waals surface area contributed by atoms with Crippen LogP contribution in [0.3, 0.4) is 0 Å². The second-order valence-electron chi connectivity index (χ2n) is 4.52. The Balaban J connectivity index is 1.93. The van der Waals surface area contributed by atoms with E-state index in [2.05, 4.69) is 5.32 Å². The van der Waals surface area contributed by atoms with Crippen molar-refractivity contribution in [3.63, 3.8) is 0 Å². The van der Waals surface area contributed by atoms with Crippen molar-refractivity contribution >= 4 is 34.8 Å². The Morgan fingerprint density at radius 2 is 1.67 bits per heavy atom. The van der Waals surface area contributed by atoms with Crippen LogP contribution >= 0.6 is 11.6 Å². The molecule has 108 valence electrons. The number of anilines is 2. The summed E-state index contributed by atoms with van der Waals surface area (Å²) in [6, 6.07) is 15.9. The molecule has 2 aromatic rings. The fraction of sp³-hybridized carbons (Fsp3) is 0.125. The number of nitrogens with zero attached hydrogens (tertiary/aromatic N) is 1. The summed E-state index contributed by atoms with van der Waals surface area (Å²) in [4.78, 5) is 25.4. The lowest BCUT2D eigenvalue weighted by molar-refractivity contribution is -0.125. The van der Waals surface area contributed by atoms with E-state index in [4.69, 9.17) is 11.6 Å². The molecule has 0 saturated carbocycles. The van der Waals surface area contributed by atoms with Crippen molar-refractivity contribution in [2.75, 3.05) is 17.3 Å². The Morgan fingerprint density at radius 3 is 2.29 bits per heavy atom. The van der Waals surface area contributed by atoms with Gasteiger partial charge in [0.25, 0.3) is 0 Å². The summed E-state index contributed by atoms with van der Waals surface area (Å²) in [7, 11) is 1.65. The molecule has 2 rings (SSSR count). The van der Waals surface area contributed by atoms with Crippen LogP contribution in [0.15, 0.2) is 54.6 Å². The Hall–Kier alpha value is -2.33. The van der Waals surface area contributed by atoms with E-state index in [1.54, 1.807) is 31.3 Å². The number of hydrogen-bond donors (Lipinski definition) is 1. The molecule has 0 aliphatic carbocycles. The summed E-state index contributed by atoms with van der Waals surface area (Å²) in [5.74, 6) is -0.627. The van der Waals surface area contributed by atoms with Gasteiger partial charge in [-0.15, -0.1) is 0 Å². The summed E-state index contributed by atoms with van der Waals surface area (Å²) in [5, 5.41) is 3.25. The lowest BCUT2D eigenvalue weighted by Crippen LogP contribution is -2.30. The molecule has 0 unspecified atom stereocenters. The van der Waals surface area contributed by atoms with Gasteiger partial charge in [-0.1, -0.05) is 29.8 Å². The number of benzene rings is 2. The molecule has 21 heavy (non-hydrogen) atoms. The minimum atomic E-state index is -0.356. The highest BCUT2D eigenvalue weighted by Crippen LogP contribution is 2.15. The number of carbonyl (C=O) groups is 2. The molecule has 0 aliphatic rings. The number of hydrogen-bond acceptors (Lipinski definition) is 2. The molecular formula is C16H15ClN2O2. The second kappa shape index (κ2) is 6.90. The number of para-hydroxylation sites is 1. The average molecular weight is 303 g/mol. The van der Waals surface area contributed by atoms with Crippen molar-refractivity contribution < 1.29 is 9.59 Å². The Morgan fingerprint density at radius 1 is 1.05 bits per heavy atom. The minimum Gasteiger partial charge on any atom is -0.326 e. The van der Waals surface area contributed by atoms with Crippen molar-refractivity contribution in [2.24, 2.45) is 0 Å². The third-order valence-corrected chi connectivity index (χ3v) is 3.21. The molecule has 0 aliphatic heterocycles. The highest BCUT2D eigenvalue weighted by Gasteiger charge is 2.15. The van der Waals surface area contributed by atoms with Gasteiger partial charge in [0.1, 0.15) is 6.42 Å². The van der Waals surface area contributed by atoms with Crippen LogP contribution in [0.2, 0.25) is 5.02 Å². The van der Waals surface area contributed by atoms with Crippen LogP contribution in [0.4, 0.5) is 11.4 Å².